The van der Waals surface area contributed by atoms with Crippen molar-refractivity contribution in [3.8, 4) is 0 Å². The molecule has 0 atom stereocenters. The molecule has 0 radical (unpaired) electrons. The number of rotatable bonds is 0. The third kappa shape index (κ3) is 87.9. The summed E-state index contributed by atoms with van der Waals surface area (Å²) >= 11 is 1.31. The van der Waals surface area contributed by atoms with E-state index in [2.05, 4.69) is 5.79 Å². The summed E-state index contributed by atoms with van der Waals surface area (Å²) in [7, 11) is -0.833. The third-order valence-corrected chi connectivity index (χ3v) is 0. The highest BCUT2D eigenvalue weighted by Gasteiger charge is 1.28. The van der Waals surface area contributed by atoms with Gasteiger partial charge < -0.3 is 4.89 Å². The molecule has 0 spiro atoms. The van der Waals surface area contributed by atoms with E-state index in [4.69, 9.17) is 9.46 Å². The Kier molecular flexibility index (Phi) is 42.7. The van der Waals surface area contributed by atoms with Crippen LogP contribution < -0.4 is 0 Å². The summed E-state index contributed by atoms with van der Waals surface area (Å²) in [5, 5.41) is 0. The van der Waals surface area contributed by atoms with E-state index in [1.807, 2.05) is 0 Å². The summed E-state index contributed by atoms with van der Waals surface area (Å²) in [5.41, 5.74) is 0. The molecule has 0 aromatic heterocycles. The molecule has 1 N–H and O–H groups in total. The first kappa shape index (κ1) is 9.14. The first-order chi connectivity index (χ1) is 2.41. The molecule has 4 heteroatoms. The van der Waals surface area contributed by atoms with E-state index in [1.54, 1.807) is 0 Å². The van der Waals surface area contributed by atoms with Gasteiger partial charge in [0.25, 0.3) is 0 Å². The zero-order valence-corrected chi connectivity index (χ0v) is 6.20. The molecule has 0 rings (SSSR count). The van der Waals surface area contributed by atoms with Gasteiger partial charge in [-0.15, -0.1) is 5.79 Å². The van der Waals surface area contributed by atoms with Crippen LogP contribution in [0.25, 0.3) is 0 Å². The maximum Gasteiger partial charge on any atom is 0.324 e. The smallest absolute Gasteiger partial charge is 0.310 e. The second kappa shape index (κ2) is 23.4. The van der Waals surface area contributed by atoms with Gasteiger partial charge in [-0.2, -0.15) is 0 Å². The van der Waals surface area contributed by atoms with Crippen molar-refractivity contribution in [3.63, 3.8) is 0 Å². The van der Waals surface area contributed by atoms with Crippen LogP contribution in [0.4, 0.5) is 0 Å². The van der Waals surface area contributed by atoms with E-state index in [-0.39, 0.29) is 0 Å². The van der Waals surface area contributed by atoms with Crippen molar-refractivity contribution in [3.05, 3.63) is 0 Å². The van der Waals surface area contributed by atoms with Gasteiger partial charge in [0.2, 0.25) is 16.3 Å². The minimum atomic E-state index is -0.833. The second-order valence-electron chi connectivity index (χ2n) is 0.0816. The molecule has 0 aromatic carbocycles. The van der Waals surface area contributed by atoms with Crippen molar-refractivity contribution in [2.24, 2.45) is 0 Å². The first-order valence-electron chi connectivity index (χ1n) is 1.38. The Morgan fingerprint density at radius 1 is 1.80 bits per heavy atom. The molecule has 30 valence electrons. The minimum Gasteiger partial charge on any atom is -0.310 e. The lowest BCUT2D eigenvalue weighted by atomic mass is 11.9. The molecule has 0 fully saturated rings. The average molecular weight is 108 g/mol. The van der Waals surface area contributed by atoms with Crippen LogP contribution in [0.15, 0.2) is 0 Å². The van der Waals surface area contributed by atoms with Gasteiger partial charge in [-0.1, -0.05) is 0 Å². The predicted molar refractivity (Wildman–Crippen MR) is 24.2 cm³/mol. The normalized spacial score (nSPS) is 5.20. The Morgan fingerprint density at radius 3 is 1.80 bits per heavy atom. The Hall–Kier alpha value is 0.592. The standard InChI is InChI=1S/CH3.Al.HO2P.2H/c;;1-3-2;;/h1H3;;(H,1,2);;. The fraction of sp³-hybridized carbons (Fsp3) is 1.00. The van der Waals surface area contributed by atoms with E-state index >= 15 is 0 Å². The molecule has 0 aliphatic carbocycles. The van der Waals surface area contributed by atoms with Crippen molar-refractivity contribution < 1.29 is 9.46 Å². The Balaban J connectivity index is 0. The van der Waals surface area contributed by atoms with E-state index in [0.717, 1.165) is 0 Å². The van der Waals surface area contributed by atoms with E-state index in [1.165, 1.54) is 16.3 Å². The van der Waals surface area contributed by atoms with Gasteiger partial charge in [-0.3, -0.25) is 0 Å². The molecule has 0 aliphatic rings. The molecule has 0 aliphatic heterocycles. The molecule has 2 nitrogen and oxygen atoms in total. The van der Waals surface area contributed by atoms with Crippen LogP contribution in [0, 0.1) is 0 Å². The van der Waals surface area contributed by atoms with Gasteiger partial charge >= 0.3 is 8.69 Å². The Labute approximate surface area is 40.9 Å². The largest absolute Gasteiger partial charge is 0.324 e. The maximum absolute atomic E-state index is 8.46. The molecule has 5 heavy (non-hydrogen) atoms. The summed E-state index contributed by atoms with van der Waals surface area (Å²) < 4.78 is 8.46. The topological polar surface area (TPSA) is 37.3 Å². The third-order valence-electron chi connectivity index (χ3n) is 0. The highest BCUT2D eigenvalue weighted by Crippen LogP contribution is 1.66. The quantitative estimate of drug-likeness (QED) is 0.346. The van der Waals surface area contributed by atoms with Crippen LogP contribution in [0.2, 0.25) is 5.79 Å². The van der Waals surface area contributed by atoms with Gasteiger partial charge in [0, 0.05) is 0 Å². The second-order valence-corrected chi connectivity index (χ2v) is 0.245. The van der Waals surface area contributed by atoms with Crippen molar-refractivity contribution in [2.45, 2.75) is 5.79 Å². The van der Waals surface area contributed by atoms with Crippen molar-refractivity contribution >= 4 is 25.0 Å². The summed E-state index contributed by atoms with van der Waals surface area (Å²) in [4.78, 5) is 6.99. The lowest BCUT2D eigenvalue weighted by Gasteiger charge is -1.24. The fourth-order valence-electron chi connectivity index (χ4n) is 0. The highest BCUT2D eigenvalue weighted by molar-refractivity contribution is 7.16. The highest BCUT2D eigenvalue weighted by atomic mass is 31.1. The number of hydrogen-bond acceptors (Lipinski definition) is 1. The van der Waals surface area contributed by atoms with E-state index in [9.17, 15) is 0 Å². The molecule has 0 heterocycles. The maximum atomic E-state index is 8.46. The summed E-state index contributed by atoms with van der Waals surface area (Å²) in [6, 6.07) is 0. The predicted octanol–water partition coefficient (Wildman–Crippen LogP) is -0.147. The van der Waals surface area contributed by atoms with Gasteiger partial charge in [-0.25, -0.2) is 4.57 Å². The summed E-state index contributed by atoms with van der Waals surface area (Å²) in [6.07, 6.45) is 0. The SMILES string of the molecule is O=PO.[CH3][AlH2]. The lowest BCUT2D eigenvalue weighted by molar-refractivity contribution is 0.524. The van der Waals surface area contributed by atoms with Crippen LogP contribution in [0.3, 0.4) is 0 Å². The molecular formula is CH6AlO2P. The van der Waals surface area contributed by atoms with Crippen LogP contribution in [-0.2, 0) is 4.57 Å². The molecule has 0 aromatic rings. The van der Waals surface area contributed by atoms with Crippen molar-refractivity contribution in [1.29, 1.82) is 0 Å². The number of hydrogen-bond donors (Lipinski definition) is 1. The van der Waals surface area contributed by atoms with Gasteiger partial charge in [0.15, 0.2) is 0 Å². The fourth-order valence-corrected chi connectivity index (χ4v) is 0. The molecule has 0 bridgehead atoms. The summed E-state index contributed by atoms with van der Waals surface area (Å²) in [6.45, 7) is 0. The minimum absolute atomic E-state index is 0.833. The van der Waals surface area contributed by atoms with Crippen LogP contribution in [-0.4, -0.2) is 21.2 Å². The van der Waals surface area contributed by atoms with Crippen LogP contribution >= 0.6 is 8.69 Å². The zero-order valence-electron chi connectivity index (χ0n) is 3.30. The Morgan fingerprint density at radius 2 is 1.80 bits per heavy atom. The van der Waals surface area contributed by atoms with Gasteiger partial charge in [-0.05, 0) is 0 Å². The van der Waals surface area contributed by atoms with Crippen LogP contribution in [0.1, 0.15) is 0 Å². The average Bonchev–Trinajstić information content (AvgIpc) is 1.46. The molecule has 0 saturated carbocycles. The Bertz CT molecular complexity index is 17.1. The van der Waals surface area contributed by atoms with Gasteiger partial charge in [0.1, 0.15) is 0 Å². The molecule has 0 saturated heterocycles. The van der Waals surface area contributed by atoms with Crippen molar-refractivity contribution in [2.75, 3.05) is 0 Å². The van der Waals surface area contributed by atoms with Crippen LogP contribution in [0.5, 0.6) is 0 Å². The summed E-state index contributed by atoms with van der Waals surface area (Å²) in [5.74, 6) is 2.14. The van der Waals surface area contributed by atoms with E-state index < -0.39 is 8.69 Å². The molecular weight excluding hydrogens is 102 g/mol. The molecule has 0 unspecified atom stereocenters. The van der Waals surface area contributed by atoms with E-state index in [0.29, 0.717) is 0 Å². The lowest BCUT2D eigenvalue weighted by Crippen LogP contribution is -1.13. The monoisotopic (exact) mass is 108 g/mol. The van der Waals surface area contributed by atoms with Crippen molar-refractivity contribution in [1.82, 2.24) is 0 Å². The first-order valence-corrected chi connectivity index (χ1v) is 4.15. The van der Waals surface area contributed by atoms with Gasteiger partial charge in [0.05, 0.1) is 0 Å². The zero-order chi connectivity index (χ0) is 4.71. The molecule has 0 amide bonds.